The Balaban J connectivity index is 3.25. The summed E-state index contributed by atoms with van der Waals surface area (Å²) in [6.07, 6.45) is 0. The van der Waals surface area contributed by atoms with Crippen LogP contribution in [0.4, 0.5) is 5.69 Å². The van der Waals surface area contributed by atoms with Gasteiger partial charge in [0.25, 0.3) is 5.56 Å². The quantitative estimate of drug-likeness (QED) is 0.664. The Labute approximate surface area is 74.4 Å². The smallest absolute Gasteiger partial charge is 0.323 e. The molecule has 70 valence electrons. The molecule has 0 unspecified atom stereocenters. The van der Waals surface area contributed by atoms with Crippen molar-refractivity contribution in [3.63, 3.8) is 0 Å². The van der Waals surface area contributed by atoms with E-state index in [2.05, 4.69) is 0 Å². The first kappa shape index (κ1) is 9.31. The number of anilines is 1. The van der Waals surface area contributed by atoms with E-state index in [1.807, 2.05) is 0 Å². The number of carboxylic acid groups (broad SMARTS) is 1. The lowest BCUT2D eigenvalue weighted by molar-refractivity contribution is -0.137. The lowest BCUT2D eigenvalue weighted by atomic mass is 10.3. The van der Waals surface area contributed by atoms with Crippen LogP contribution in [-0.2, 0) is 11.3 Å². The molecule has 0 radical (unpaired) electrons. The van der Waals surface area contributed by atoms with Gasteiger partial charge in [-0.2, -0.15) is 0 Å². The summed E-state index contributed by atoms with van der Waals surface area (Å²) in [5.74, 6) is -1.06. The minimum absolute atomic E-state index is 0.351. The maximum Gasteiger partial charge on any atom is 0.323 e. The Kier molecular flexibility index (Phi) is 2.36. The van der Waals surface area contributed by atoms with Crippen LogP contribution in [0.25, 0.3) is 0 Å². The van der Waals surface area contributed by atoms with Gasteiger partial charge in [0, 0.05) is 11.8 Å². The van der Waals surface area contributed by atoms with Crippen LogP contribution in [0.1, 0.15) is 5.69 Å². The first-order chi connectivity index (χ1) is 6.02. The molecule has 1 aromatic rings. The molecule has 5 heteroatoms. The number of aliphatic carboxylic acids is 1. The SMILES string of the molecule is Cc1c(N)ccc(=O)n1CC(=O)O. The molecule has 0 saturated heterocycles. The lowest BCUT2D eigenvalue weighted by Gasteiger charge is -2.08. The number of nitrogens with zero attached hydrogens (tertiary/aromatic N) is 1. The van der Waals surface area contributed by atoms with Gasteiger partial charge in [-0.05, 0) is 13.0 Å². The molecule has 1 aromatic heterocycles. The van der Waals surface area contributed by atoms with Crippen LogP contribution in [-0.4, -0.2) is 15.6 Å². The van der Waals surface area contributed by atoms with Crippen molar-refractivity contribution in [2.75, 3.05) is 5.73 Å². The molecule has 0 aliphatic carbocycles. The zero-order valence-corrected chi connectivity index (χ0v) is 7.15. The van der Waals surface area contributed by atoms with Crippen LogP contribution in [0.2, 0.25) is 0 Å². The first-order valence-corrected chi connectivity index (χ1v) is 3.70. The highest BCUT2D eigenvalue weighted by Crippen LogP contribution is 2.05. The Bertz CT molecular complexity index is 395. The summed E-state index contributed by atoms with van der Waals surface area (Å²) in [7, 11) is 0. The molecule has 5 nitrogen and oxygen atoms in total. The van der Waals surface area contributed by atoms with Crippen LogP contribution in [0.15, 0.2) is 16.9 Å². The number of carbonyl (C=O) groups is 1. The van der Waals surface area contributed by atoms with Gasteiger partial charge in [0.1, 0.15) is 6.54 Å². The average Bonchev–Trinajstić information content (AvgIpc) is 2.05. The van der Waals surface area contributed by atoms with Gasteiger partial charge in [0.15, 0.2) is 0 Å². The average molecular weight is 182 g/mol. The number of pyridine rings is 1. The van der Waals surface area contributed by atoms with E-state index in [0.29, 0.717) is 11.4 Å². The van der Waals surface area contributed by atoms with Gasteiger partial charge in [-0.3, -0.25) is 14.2 Å². The van der Waals surface area contributed by atoms with Gasteiger partial charge >= 0.3 is 5.97 Å². The molecule has 0 aromatic carbocycles. The van der Waals surface area contributed by atoms with Crippen molar-refractivity contribution >= 4 is 11.7 Å². The number of aromatic nitrogens is 1. The van der Waals surface area contributed by atoms with Crippen LogP contribution >= 0.6 is 0 Å². The first-order valence-electron chi connectivity index (χ1n) is 3.70. The van der Waals surface area contributed by atoms with E-state index in [1.165, 1.54) is 12.1 Å². The molecule has 1 rings (SSSR count). The minimum atomic E-state index is -1.06. The number of hydrogen-bond donors (Lipinski definition) is 2. The predicted molar refractivity (Wildman–Crippen MR) is 47.5 cm³/mol. The predicted octanol–water partition coefficient (Wildman–Crippen LogP) is -0.176. The monoisotopic (exact) mass is 182 g/mol. The second-order valence-corrected chi connectivity index (χ2v) is 2.69. The third-order valence-electron chi connectivity index (χ3n) is 1.79. The number of nitrogens with two attached hydrogens (primary N) is 1. The van der Waals surface area contributed by atoms with Crippen molar-refractivity contribution in [1.29, 1.82) is 0 Å². The molecule has 13 heavy (non-hydrogen) atoms. The molecule has 3 N–H and O–H groups in total. The molecule has 0 aliphatic rings. The number of carboxylic acids is 1. The fourth-order valence-corrected chi connectivity index (χ4v) is 1.02. The third-order valence-corrected chi connectivity index (χ3v) is 1.79. The van der Waals surface area contributed by atoms with Crippen molar-refractivity contribution in [1.82, 2.24) is 4.57 Å². The van der Waals surface area contributed by atoms with E-state index in [9.17, 15) is 9.59 Å². The van der Waals surface area contributed by atoms with Crippen molar-refractivity contribution in [2.45, 2.75) is 13.5 Å². The van der Waals surface area contributed by atoms with E-state index < -0.39 is 5.97 Å². The summed E-state index contributed by atoms with van der Waals surface area (Å²) in [6, 6.07) is 2.72. The van der Waals surface area contributed by atoms with Crippen LogP contribution < -0.4 is 11.3 Å². The molecular formula is C8H10N2O3. The fourth-order valence-electron chi connectivity index (χ4n) is 1.02. The molecule has 0 atom stereocenters. The van der Waals surface area contributed by atoms with Gasteiger partial charge in [-0.25, -0.2) is 0 Å². The zero-order valence-electron chi connectivity index (χ0n) is 7.15. The van der Waals surface area contributed by atoms with E-state index in [4.69, 9.17) is 10.8 Å². The number of hydrogen-bond acceptors (Lipinski definition) is 3. The molecule has 0 bridgehead atoms. The number of nitrogen functional groups attached to an aromatic ring is 1. The van der Waals surface area contributed by atoms with Crippen molar-refractivity contribution < 1.29 is 9.90 Å². The maximum absolute atomic E-state index is 11.2. The molecule has 0 amide bonds. The maximum atomic E-state index is 11.2. The van der Waals surface area contributed by atoms with Crippen LogP contribution in [0.3, 0.4) is 0 Å². The molecule has 0 saturated carbocycles. The molecule has 1 heterocycles. The normalized spacial score (nSPS) is 9.92. The summed E-state index contributed by atoms with van der Waals surface area (Å²) < 4.78 is 1.12. The van der Waals surface area contributed by atoms with Crippen LogP contribution in [0.5, 0.6) is 0 Å². The Morgan fingerprint density at radius 2 is 2.23 bits per heavy atom. The topological polar surface area (TPSA) is 85.3 Å². The molecular weight excluding hydrogens is 172 g/mol. The van der Waals surface area contributed by atoms with Crippen molar-refractivity contribution in [3.8, 4) is 0 Å². The summed E-state index contributed by atoms with van der Waals surface area (Å²) in [5, 5.41) is 8.51. The van der Waals surface area contributed by atoms with Gasteiger partial charge in [0.05, 0.1) is 5.69 Å². The molecule has 0 fully saturated rings. The zero-order chi connectivity index (χ0) is 10.0. The van der Waals surface area contributed by atoms with Gasteiger partial charge in [0.2, 0.25) is 0 Å². The van der Waals surface area contributed by atoms with Crippen molar-refractivity contribution in [3.05, 3.63) is 28.2 Å². The summed E-state index contributed by atoms with van der Waals surface area (Å²) in [4.78, 5) is 21.6. The van der Waals surface area contributed by atoms with Gasteiger partial charge in [-0.15, -0.1) is 0 Å². The largest absolute Gasteiger partial charge is 0.480 e. The summed E-state index contributed by atoms with van der Waals surface area (Å²) >= 11 is 0. The second kappa shape index (κ2) is 3.30. The number of rotatable bonds is 2. The highest BCUT2D eigenvalue weighted by atomic mass is 16.4. The highest BCUT2D eigenvalue weighted by molar-refractivity contribution is 5.67. The summed E-state index contributed by atoms with van der Waals surface area (Å²) in [5.41, 5.74) is 6.06. The lowest BCUT2D eigenvalue weighted by Crippen LogP contribution is -2.25. The van der Waals surface area contributed by atoms with Crippen molar-refractivity contribution in [2.24, 2.45) is 0 Å². The van der Waals surface area contributed by atoms with E-state index in [-0.39, 0.29) is 12.1 Å². The molecule has 0 spiro atoms. The Hall–Kier alpha value is -1.78. The van der Waals surface area contributed by atoms with Gasteiger partial charge in [-0.1, -0.05) is 0 Å². The summed E-state index contributed by atoms with van der Waals surface area (Å²) in [6.45, 7) is 1.26. The Morgan fingerprint density at radius 1 is 1.62 bits per heavy atom. The van der Waals surface area contributed by atoms with Crippen LogP contribution in [0, 0.1) is 6.92 Å². The van der Waals surface area contributed by atoms with E-state index in [1.54, 1.807) is 6.92 Å². The van der Waals surface area contributed by atoms with Gasteiger partial charge < -0.3 is 10.8 Å². The molecule has 0 aliphatic heterocycles. The fraction of sp³-hybridized carbons (Fsp3) is 0.250. The van der Waals surface area contributed by atoms with E-state index >= 15 is 0 Å². The third kappa shape index (κ3) is 1.87. The standard InChI is InChI=1S/C8H10N2O3/c1-5-6(9)2-3-7(11)10(5)4-8(12)13/h2-3H,4,9H2,1H3,(H,12,13). The second-order valence-electron chi connectivity index (χ2n) is 2.69. The minimum Gasteiger partial charge on any atom is -0.480 e. The Morgan fingerprint density at radius 3 is 2.77 bits per heavy atom. The van der Waals surface area contributed by atoms with E-state index in [0.717, 1.165) is 4.57 Å². The highest BCUT2D eigenvalue weighted by Gasteiger charge is 2.06.